The lowest BCUT2D eigenvalue weighted by Crippen LogP contribution is -2.07. The number of sulfone groups is 1. The summed E-state index contributed by atoms with van der Waals surface area (Å²) in [7, 11) is -4.05. The molecule has 0 saturated heterocycles. The molecule has 0 aromatic heterocycles. The molecule has 0 amide bonds. The van der Waals surface area contributed by atoms with Crippen LogP contribution in [0.5, 0.6) is 5.75 Å². The molecule has 0 aliphatic rings. The lowest BCUT2D eigenvalue weighted by molar-refractivity contribution is -0.138. The molecule has 0 saturated carbocycles. The third-order valence-electron chi connectivity index (χ3n) is 4.61. The number of carboxylic acids is 1. The molecule has 0 aliphatic heterocycles. The number of aliphatic carboxylic acids is 1. The van der Waals surface area contributed by atoms with Crippen molar-refractivity contribution in [1.29, 1.82) is 0 Å². The van der Waals surface area contributed by atoms with Gasteiger partial charge in [0.2, 0.25) is 9.84 Å². The number of halogens is 3. The first kappa shape index (κ1) is 23.3. The van der Waals surface area contributed by atoms with Crippen molar-refractivity contribution < 1.29 is 36.2 Å². The molecule has 0 atom stereocenters. The second-order valence-corrected chi connectivity index (χ2v) is 8.87. The third kappa shape index (κ3) is 5.28. The quantitative estimate of drug-likeness (QED) is 0.518. The van der Waals surface area contributed by atoms with Crippen molar-refractivity contribution in [2.45, 2.75) is 29.3 Å². The van der Waals surface area contributed by atoms with Crippen LogP contribution in [-0.4, -0.2) is 26.1 Å². The molecule has 0 fully saturated rings. The predicted molar refractivity (Wildman–Crippen MR) is 111 cm³/mol. The maximum absolute atomic E-state index is 13.2. The summed E-state index contributed by atoms with van der Waals surface area (Å²) in [6, 6.07) is 14.3. The van der Waals surface area contributed by atoms with Crippen LogP contribution in [0.25, 0.3) is 11.1 Å². The molecule has 1 N–H and O–H groups in total. The zero-order chi connectivity index (χ0) is 23.5. The fraction of sp³-hybridized carbons (Fsp3) is 0.174. The molecule has 5 nitrogen and oxygen atoms in total. The fourth-order valence-electron chi connectivity index (χ4n) is 3.14. The smallest absolute Gasteiger partial charge is 0.416 e. The van der Waals surface area contributed by atoms with Gasteiger partial charge in [0.15, 0.2) is 0 Å². The van der Waals surface area contributed by atoms with Gasteiger partial charge in [-0.05, 0) is 66.1 Å². The molecular formula is C23H19F3O5S. The number of hydrogen-bond donors (Lipinski definition) is 1. The Hall–Kier alpha value is -3.33. The minimum absolute atomic E-state index is 0.0789. The van der Waals surface area contributed by atoms with E-state index in [0.717, 1.165) is 12.1 Å². The first-order chi connectivity index (χ1) is 15.0. The van der Waals surface area contributed by atoms with Gasteiger partial charge in [-0.15, -0.1) is 0 Å². The van der Waals surface area contributed by atoms with Gasteiger partial charge in [-0.25, -0.2) is 8.42 Å². The molecule has 168 valence electrons. The van der Waals surface area contributed by atoms with E-state index in [-0.39, 0.29) is 34.1 Å². The molecule has 9 heteroatoms. The Morgan fingerprint density at radius 2 is 1.62 bits per heavy atom. The van der Waals surface area contributed by atoms with Gasteiger partial charge in [-0.3, -0.25) is 4.79 Å². The Labute approximate surface area is 183 Å². The first-order valence-corrected chi connectivity index (χ1v) is 11.0. The predicted octanol–water partition coefficient (Wildman–Crippen LogP) is 5.23. The number of rotatable bonds is 7. The van der Waals surface area contributed by atoms with Gasteiger partial charge in [0, 0.05) is 0 Å². The summed E-state index contributed by atoms with van der Waals surface area (Å²) in [4.78, 5) is 10.9. The van der Waals surface area contributed by atoms with E-state index in [4.69, 9.17) is 9.84 Å². The number of hydrogen-bond acceptors (Lipinski definition) is 4. The van der Waals surface area contributed by atoms with Crippen LogP contribution in [0.1, 0.15) is 18.1 Å². The van der Waals surface area contributed by atoms with Crippen LogP contribution in [0.15, 0.2) is 76.5 Å². The maximum atomic E-state index is 13.2. The van der Waals surface area contributed by atoms with Crippen molar-refractivity contribution in [2.24, 2.45) is 0 Å². The molecule has 0 heterocycles. The third-order valence-corrected chi connectivity index (χ3v) is 6.34. The summed E-state index contributed by atoms with van der Waals surface area (Å²) >= 11 is 0. The van der Waals surface area contributed by atoms with Crippen molar-refractivity contribution in [3.63, 3.8) is 0 Å². The zero-order valence-corrected chi connectivity index (χ0v) is 17.7. The fourth-order valence-corrected chi connectivity index (χ4v) is 4.53. The minimum atomic E-state index is -4.47. The Morgan fingerprint density at radius 3 is 2.22 bits per heavy atom. The number of carboxylic acid groups (broad SMARTS) is 1. The molecule has 0 radical (unpaired) electrons. The molecule has 0 bridgehead atoms. The SMILES string of the molecule is CCOc1cc(CC(=O)O)cc(S(=O)(=O)c2cccc(-c3ccc(C(F)(F)F)cc3)c2)c1. The lowest BCUT2D eigenvalue weighted by Gasteiger charge is -2.12. The van der Waals surface area contributed by atoms with Crippen LogP contribution in [0, 0.1) is 0 Å². The van der Waals surface area contributed by atoms with E-state index in [9.17, 15) is 26.4 Å². The van der Waals surface area contributed by atoms with E-state index in [1.165, 1.54) is 48.5 Å². The Morgan fingerprint density at radius 1 is 0.938 bits per heavy atom. The monoisotopic (exact) mass is 464 g/mol. The van der Waals surface area contributed by atoms with Crippen LogP contribution in [0.2, 0.25) is 0 Å². The summed E-state index contributed by atoms with van der Waals surface area (Å²) in [5.41, 5.74) is 0.306. The average molecular weight is 464 g/mol. The van der Waals surface area contributed by atoms with Crippen LogP contribution in [0.4, 0.5) is 13.2 Å². The Bertz CT molecular complexity index is 1230. The van der Waals surface area contributed by atoms with Gasteiger partial charge in [0.05, 0.1) is 28.4 Å². The number of benzene rings is 3. The first-order valence-electron chi connectivity index (χ1n) is 9.52. The number of ether oxygens (including phenoxy) is 1. The highest BCUT2D eigenvalue weighted by Crippen LogP contribution is 2.33. The van der Waals surface area contributed by atoms with Crippen molar-refractivity contribution in [2.75, 3.05) is 6.61 Å². The Kier molecular flexibility index (Phi) is 6.59. The summed E-state index contributed by atoms with van der Waals surface area (Å²) < 4.78 is 70.3. The largest absolute Gasteiger partial charge is 0.494 e. The second kappa shape index (κ2) is 9.04. The van der Waals surface area contributed by atoms with Crippen molar-refractivity contribution in [3.05, 3.63) is 77.9 Å². The number of carbonyl (C=O) groups is 1. The normalized spacial score (nSPS) is 11.9. The molecule has 32 heavy (non-hydrogen) atoms. The van der Waals surface area contributed by atoms with E-state index in [2.05, 4.69) is 0 Å². The van der Waals surface area contributed by atoms with Gasteiger partial charge in [-0.1, -0.05) is 24.3 Å². The minimum Gasteiger partial charge on any atom is -0.494 e. The Balaban J connectivity index is 2.03. The van der Waals surface area contributed by atoms with E-state index < -0.39 is 27.5 Å². The molecule has 0 aliphatic carbocycles. The highest BCUT2D eigenvalue weighted by atomic mass is 32.2. The molecular weight excluding hydrogens is 445 g/mol. The molecule has 0 unspecified atom stereocenters. The van der Waals surface area contributed by atoms with Gasteiger partial charge in [0.1, 0.15) is 5.75 Å². The van der Waals surface area contributed by atoms with E-state index in [0.29, 0.717) is 11.1 Å². The van der Waals surface area contributed by atoms with Crippen molar-refractivity contribution in [1.82, 2.24) is 0 Å². The highest BCUT2D eigenvalue weighted by molar-refractivity contribution is 7.91. The van der Waals surface area contributed by atoms with Crippen molar-refractivity contribution in [3.8, 4) is 16.9 Å². The molecule has 0 spiro atoms. The summed E-state index contributed by atoms with van der Waals surface area (Å²) in [5, 5.41) is 9.07. The van der Waals surface area contributed by atoms with Crippen LogP contribution in [0.3, 0.4) is 0 Å². The highest BCUT2D eigenvalue weighted by Gasteiger charge is 2.30. The van der Waals surface area contributed by atoms with Crippen molar-refractivity contribution >= 4 is 15.8 Å². The van der Waals surface area contributed by atoms with E-state index in [1.54, 1.807) is 13.0 Å². The maximum Gasteiger partial charge on any atom is 0.416 e. The van der Waals surface area contributed by atoms with Gasteiger partial charge in [-0.2, -0.15) is 13.2 Å². The van der Waals surface area contributed by atoms with Gasteiger partial charge >= 0.3 is 12.1 Å². The van der Waals surface area contributed by atoms with E-state index >= 15 is 0 Å². The topological polar surface area (TPSA) is 80.7 Å². The van der Waals surface area contributed by atoms with Crippen LogP contribution in [-0.2, 0) is 27.2 Å². The van der Waals surface area contributed by atoms with Gasteiger partial charge in [0.25, 0.3) is 0 Å². The molecule has 3 aromatic rings. The summed E-state index contributed by atoms with van der Waals surface area (Å²) in [5.74, 6) is -0.894. The summed E-state index contributed by atoms with van der Waals surface area (Å²) in [6.07, 6.45) is -4.85. The molecule has 3 rings (SSSR count). The lowest BCUT2D eigenvalue weighted by atomic mass is 10.0. The standard InChI is InChI=1S/C23H19F3O5S/c1-2-31-19-10-15(12-22(27)28)11-21(14-19)32(29,30)20-5-3-4-17(13-20)16-6-8-18(9-7-16)23(24,25)26/h3-11,13-14H,2,12H2,1H3,(H,27,28). The zero-order valence-electron chi connectivity index (χ0n) is 16.9. The summed E-state index contributed by atoms with van der Waals surface area (Å²) in [6.45, 7) is 1.98. The van der Waals surface area contributed by atoms with Gasteiger partial charge < -0.3 is 9.84 Å². The number of alkyl halides is 3. The average Bonchev–Trinajstić information content (AvgIpc) is 2.73. The second-order valence-electron chi connectivity index (χ2n) is 6.92. The van der Waals surface area contributed by atoms with E-state index in [1.807, 2.05) is 0 Å². The van der Waals surface area contributed by atoms with Crippen LogP contribution >= 0.6 is 0 Å². The molecule has 3 aromatic carbocycles. The van der Waals surface area contributed by atoms with Crippen LogP contribution < -0.4 is 4.74 Å².